The molecule has 0 spiro atoms. The lowest BCUT2D eigenvalue weighted by molar-refractivity contribution is 0.0982. The van der Waals surface area contributed by atoms with Crippen LogP contribution >= 0.6 is 22.9 Å². The van der Waals surface area contributed by atoms with Gasteiger partial charge in [-0.05, 0) is 55.0 Å². The molecule has 34 heavy (non-hydrogen) atoms. The van der Waals surface area contributed by atoms with Crippen molar-refractivity contribution < 1.29 is 9.53 Å². The van der Waals surface area contributed by atoms with Crippen LogP contribution in [0.2, 0.25) is 5.02 Å². The Kier molecular flexibility index (Phi) is 6.25. The molecule has 0 bridgehead atoms. The van der Waals surface area contributed by atoms with Gasteiger partial charge in [-0.3, -0.25) is 14.7 Å². The van der Waals surface area contributed by atoms with Crippen molar-refractivity contribution in [2.75, 3.05) is 4.90 Å². The molecule has 2 aromatic heterocycles. The normalized spacial score (nSPS) is 10.9. The van der Waals surface area contributed by atoms with Gasteiger partial charge >= 0.3 is 0 Å². The molecule has 0 aliphatic heterocycles. The van der Waals surface area contributed by atoms with E-state index in [0.717, 1.165) is 21.5 Å². The van der Waals surface area contributed by atoms with Crippen LogP contribution < -0.4 is 9.64 Å². The SMILES string of the molecule is Cc1ccc(Cl)c2sc(N(Cc3ccccn3)C(=O)c3ccccc3Oc3ccccc3)nc12. The van der Waals surface area contributed by atoms with Crippen LogP contribution in [0.4, 0.5) is 5.13 Å². The fourth-order valence-corrected chi connectivity index (χ4v) is 4.89. The Hall–Kier alpha value is -3.74. The monoisotopic (exact) mass is 485 g/mol. The Balaban J connectivity index is 1.59. The molecule has 0 fully saturated rings. The van der Waals surface area contributed by atoms with Crippen molar-refractivity contribution in [3.63, 3.8) is 0 Å². The summed E-state index contributed by atoms with van der Waals surface area (Å²) in [5, 5.41) is 1.17. The zero-order valence-electron chi connectivity index (χ0n) is 18.3. The van der Waals surface area contributed by atoms with Gasteiger partial charge in [-0.2, -0.15) is 0 Å². The number of benzene rings is 3. The molecule has 5 rings (SSSR count). The maximum absolute atomic E-state index is 14.0. The number of nitrogens with zero attached hydrogens (tertiary/aromatic N) is 3. The minimum absolute atomic E-state index is 0.231. The van der Waals surface area contributed by atoms with E-state index in [9.17, 15) is 4.79 Å². The summed E-state index contributed by atoms with van der Waals surface area (Å²) in [6, 6.07) is 26.0. The fourth-order valence-electron chi connectivity index (χ4n) is 3.58. The van der Waals surface area contributed by atoms with Crippen molar-refractivity contribution in [2.45, 2.75) is 13.5 Å². The van der Waals surface area contributed by atoms with Gasteiger partial charge in [-0.1, -0.05) is 65.4 Å². The Bertz CT molecular complexity index is 1420. The summed E-state index contributed by atoms with van der Waals surface area (Å²) < 4.78 is 6.91. The third kappa shape index (κ3) is 4.51. The zero-order valence-corrected chi connectivity index (χ0v) is 19.9. The first-order valence-corrected chi connectivity index (χ1v) is 11.9. The van der Waals surface area contributed by atoms with Gasteiger partial charge < -0.3 is 4.74 Å². The van der Waals surface area contributed by atoms with E-state index in [1.165, 1.54) is 11.3 Å². The highest BCUT2D eigenvalue weighted by atomic mass is 35.5. The summed E-state index contributed by atoms with van der Waals surface area (Å²) in [5.74, 6) is 0.895. The van der Waals surface area contributed by atoms with E-state index in [2.05, 4.69) is 4.98 Å². The van der Waals surface area contributed by atoms with Gasteiger partial charge in [0.05, 0.1) is 33.0 Å². The second kappa shape index (κ2) is 9.63. The zero-order chi connectivity index (χ0) is 23.5. The van der Waals surface area contributed by atoms with Crippen molar-refractivity contribution in [2.24, 2.45) is 0 Å². The number of hydrogen-bond donors (Lipinski definition) is 0. The van der Waals surface area contributed by atoms with Gasteiger partial charge in [0.1, 0.15) is 11.5 Å². The van der Waals surface area contributed by atoms with Crippen LogP contribution in [0.25, 0.3) is 10.2 Å². The molecular formula is C27H20ClN3O2S. The number of halogens is 1. The number of anilines is 1. The Morgan fingerprint density at radius 1 is 0.971 bits per heavy atom. The smallest absolute Gasteiger partial charge is 0.264 e. The van der Waals surface area contributed by atoms with Crippen LogP contribution in [0.1, 0.15) is 21.6 Å². The number of para-hydroxylation sites is 2. The van der Waals surface area contributed by atoms with Crippen molar-refractivity contribution >= 4 is 44.2 Å². The van der Waals surface area contributed by atoms with Crippen LogP contribution in [-0.4, -0.2) is 15.9 Å². The maximum atomic E-state index is 14.0. The quantitative estimate of drug-likeness (QED) is 0.253. The van der Waals surface area contributed by atoms with Gasteiger partial charge in [-0.25, -0.2) is 4.98 Å². The van der Waals surface area contributed by atoms with Crippen LogP contribution in [0.5, 0.6) is 11.5 Å². The number of thiazole rings is 1. The molecule has 0 radical (unpaired) electrons. The standard InChI is InChI=1S/C27H20ClN3O2S/c1-18-14-15-22(28)25-24(18)30-27(34-25)31(17-19-9-7-8-16-29-19)26(32)21-12-5-6-13-23(21)33-20-10-3-2-4-11-20/h2-16H,17H2,1H3. The van der Waals surface area contributed by atoms with Crippen molar-refractivity contribution in [1.29, 1.82) is 0 Å². The second-order valence-electron chi connectivity index (χ2n) is 7.66. The van der Waals surface area contributed by atoms with E-state index in [-0.39, 0.29) is 12.5 Å². The number of ether oxygens (including phenoxy) is 1. The first-order chi connectivity index (χ1) is 16.6. The number of aromatic nitrogens is 2. The van der Waals surface area contributed by atoms with E-state index in [1.807, 2.05) is 79.7 Å². The first kappa shape index (κ1) is 22.1. The number of aryl methyl sites for hydroxylation is 1. The van der Waals surface area contributed by atoms with Crippen molar-refractivity contribution in [3.8, 4) is 11.5 Å². The average Bonchev–Trinajstić information content (AvgIpc) is 3.33. The lowest BCUT2D eigenvalue weighted by Crippen LogP contribution is -2.31. The molecule has 2 heterocycles. The Morgan fingerprint density at radius 2 is 1.74 bits per heavy atom. The molecule has 0 N–H and O–H groups in total. The molecule has 0 saturated heterocycles. The molecule has 0 saturated carbocycles. The van der Waals surface area contributed by atoms with E-state index < -0.39 is 0 Å². The summed E-state index contributed by atoms with van der Waals surface area (Å²) in [7, 11) is 0. The van der Waals surface area contributed by atoms with Crippen LogP contribution in [0.3, 0.4) is 0 Å². The van der Waals surface area contributed by atoms with E-state index in [0.29, 0.717) is 27.2 Å². The van der Waals surface area contributed by atoms with Crippen LogP contribution in [0, 0.1) is 6.92 Å². The molecule has 5 nitrogen and oxygen atoms in total. The number of rotatable bonds is 6. The average molecular weight is 486 g/mol. The van der Waals surface area contributed by atoms with Crippen LogP contribution in [0.15, 0.2) is 91.1 Å². The lowest BCUT2D eigenvalue weighted by Gasteiger charge is -2.21. The molecule has 5 aromatic rings. The summed E-state index contributed by atoms with van der Waals surface area (Å²) in [6.07, 6.45) is 1.71. The van der Waals surface area contributed by atoms with E-state index in [4.69, 9.17) is 21.3 Å². The fraction of sp³-hybridized carbons (Fsp3) is 0.0741. The van der Waals surface area contributed by atoms with Gasteiger partial charge in [0.2, 0.25) is 0 Å². The molecular weight excluding hydrogens is 466 g/mol. The second-order valence-corrected chi connectivity index (χ2v) is 9.05. The number of carbonyl (C=O) groups is 1. The minimum atomic E-state index is -0.231. The largest absolute Gasteiger partial charge is 0.457 e. The molecule has 3 aromatic carbocycles. The summed E-state index contributed by atoms with van der Waals surface area (Å²) >= 11 is 7.85. The maximum Gasteiger partial charge on any atom is 0.264 e. The first-order valence-electron chi connectivity index (χ1n) is 10.7. The number of amides is 1. The summed E-state index contributed by atoms with van der Waals surface area (Å²) in [5.41, 5.74) is 2.98. The molecule has 0 aliphatic carbocycles. The highest BCUT2D eigenvalue weighted by molar-refractivity contribution is 7.23. The third-order valence-corrected chi connectivity index (χ3v) is 6.84. The minimum Gasteiger partial charge on any atom is -0.457 e. The lowest BCUT2D eigenvalue weighted by atomic mass is 10.1. The molecule has 0 aliphatic rings. The van der Waals surface area contributed by atoms with E-state index in [1.54, 1.807) is 23.2 Å². The molecule has 0 atom stereocenters. The van der Waals surface area contributed by atoms with Crippen LogP contribution in [-0.2, 0) is 6.54 Å². The van der Waals surface area contributed by atoms with Gasteiger partial charge in [-0.15, -0.1) is 0 Å². The predicted molar refractivity (Wildman–Crippen MR) is 137 cm³/mol. The number of fused-ring (bicyclic) bond motifs is 1. The highest BCUT2D eigenvalue weighted by Gasteiger charge is 2.25. The highest BCUT2D eigenvalue weighted by Crippen LogP contribution is 2.37. The van der Waals surface area contributed by atoms with Gasteiger partial charge in [0.15, 0.2) is 5.13 Å². The summed E-state index contributed by atoms with van der Waals surface area (Å²) in [6.45, 7) is 2.24. The van der Waals surface area contributed by atoms with E-state index >= 15 is 0 Å². The Morgan fingerprint density at radius 3 is 2.50 bits per heavy atom. The topological polar surface area (TPSA) is 55.3 Å². The molecule has 168 valence electrons. The number of carbonyl (C=O) groups excluding carboxylic acids is 1. The predicted octanol–water partition coefficient (Wildman–Crippen LogP) is 7.29. The van der Waals surface area contributed by atoms with Crippen molar-refractivity contribution in [1.82, 2.24) is 9.97 Å². The molecule has 7 heteroatoms. The summed E-state index contributed by atoms with van der Waals surface area (Å²) in [4.78, 5) is 24.8. The molecule has 1 amide bonds. The Labute approximate surface area is 206 Å². The number of pyridine rings is 1. The van der Waals surface area contributed by atoms with Gasteiger partial charge in [0.25, 0.3) is 5.91 Å². The molecule has 0 unspecified atom stereocenters. The van der Waals surface area contributed by atoms with Gasteiger partial charge in [0, 0.05) is 6.20 Å². The van der Waals surface area contributed by atoms with Crippen molar-refractivity contribution in [3.05, 3.63) is 113 Å². The number of hydrogen-bond acceptors (Lipinski definition) is 5. The third-order valence-electron chi connectivity index (χ3n) is 5.30.